The van der Waals surface area contributed by atoms with Gasteiger partial charge in [-0.25, -0.2) is 13.2 Å². The highest BCUT2D eigenvalue weighted by Crippen LogP contribution is 2.10. The Kier molecular flexibility index (Phi) is 4.66. The summed E-state index contributed by atoms with van der Waals surface area (Å²) in [5.74, 6) is -1.03. The molecule has 0 fully saturated rings. The Morgan fingerprint density at radius 3 is 2.16 bits per heavy atom. The number of hydrogen-bond donors (Lipinski definition) is 1. The molecule has 0 aliphatic heterocycles. The first kappa shape index (κ1) is 15.2. The Bertz CT molecular complexity index is 577. The molecule has 0 aliphatic carbocycles. The number of sulfone groups is 1. The van der Waals surface area contributed by atoms with Gasteiger partial charge >= 0.3 is 5.97 Å². The van der Waals surface area contributed by atoms with E-state index in [1.807, 2.05) is 0 Å². The van der Waals surface area contributed by atoms with Crippen LogP contribution in [-0.4, -0.2) is 39.7 Å². The van der Waals surface area contributed by atoms with Gasteiger partial charge in [0.1, 0.15) is 6.04 Å². The van der Waals surface area contributed by atoms with Crippen molar-refractivity contribution in [3.63, 3.8) is 0 Å². The number of carbonyl (C=O) groups is 2. The highest BCUT2D eigenvalue weighted by molar-refractivity contribution is 7.90. The summed E-state index contributed by atoms with van der Waals surface area (Å²) in [5.41, 5.74) is 0.267. The van der Waals surface area contributed by atoms with E-state index in [1.54, 1.807) is 0 Å². The number of methoxy groups -OCH3 is 1. The summed E-state index contributed by atoms with van der Waals surface area (Å²) in [5, 5.41) is 2.44. The summed E-state index contributed by atoms with van der Waals surface area (Å²) in [6, 6.07) is 4.68. The zero-order valence-electron chi connectivity index (χ0n) is 10.8. The van der Waals surface area contributed by atoms with Crippen molar-refractivity contribution in [1.29, 1.82) is 0 Å². The first-order valence-corrected chi connectivity index (χ1v) is 7.33. The van der Waals surface area contributed by atoms with Crippen molar-refractivity contribution >= 4 is 21.7 Å². The Labute approximate surface area is 111 Å². The number of ether oxygens (including phenoxy) is 1. The molecule has 0 aromatic heterocycles. The second-order valence-electron chi connectivity index (χ2n) is 4.01. The number of esters is 1. The molecule has 19 heavy (non-hydrogen) atoms. The van der Waals surface area contributed by atoms with Gasteiger partial charge in [-0.1, -0.05) is 0 Å². The highest BCUT2D eigenvalue weighted by atomic mass is 32.2. The van der Waals surface area contributed by atoms with Gasteiger partial charge in [0.25, 0.3) is 5.91 Å². The topological polar surface area (TPSA) is 89.5 Å². The molecule has 0 saturated heterocycles. The summed E-state index contributed by atoms with van der Waals surface area (Å²) in [6.45, 7) is 1.49. The van der Waals surface area contributed by atoms with Gasteiger partial charge in [-0.2, -0.15) is 0 Å². The first-order chi connectivity index (χ1) is 8.75. The van der Waals surface area contributed by atoms with E-state index < -0.39 is 27.8 Å². The molecular formula is C12H15NO5S. The number of amides is 1. The molecule has 0 aliphatic rings. The number of benzene rings is 1. The molecule has 1 atom stereocenters. The van der Waals surface area contributed by atoms with Crippen molar-refractivity contribution < 1.29 is 22.7 Å². The van der Waals surface area contributed by atoms with E-state index in [0.717, 1.165) is 6.26 Å². The molecule has 1 unspecified atom stereocenters. The SMILES string of the molecule is COC(=O)C(C)NC(=O)c1ccc(S(C)(=O)=O)cc1. The molecule has 1 aromatic carbocycles. The van der Waals surface area contributed by atoms with Crippen molar-refractivity contribution in [1.82, 2.24) is 5.32 Å². The molecule has 1 rings (SSSR count). The van der Waals surface area contributed by atoms with E-state index in [9.17, 15) is 18.0 Å². The third-order valence-corrected chi connectivity index (χ3v) is 3.58. The van der Waals surface area contributed by atoms with Crippen LogP contribution in [0.25, 0.3) is 0 Å². The van der Waals surface area contributed by atoms with Crippen LogP contribution in [0.4, 0.5) is 0 Å². The molecule has 0 bridgehead atoms. The monoisotopic (exact) mass is 285 g/mol. The molecule has 0 spiro atoms. The lowest BCUT2D eigenvalue weighted by molar-refractivity contribution is -0.142. The minimum absolute atomic E-state index is 0.130. The quantitative estimate of drug-likeness (QED) is 0.808. The third kappa shape index (κ3) is 4.06. The van der Waals surface area contributed by atoms with E-state index in [2.05, 4.69) is 10.1 Å². The molecule has 0 radical (unpaired) electrons. The maximum absolute atomic E-state index is 11.8. The smallest absolute Gasteiger partial charge is 0.328 e. The van der Waals surface area contributed by atoms with Crippen LogP contribution in [0.5, 0.6) is 0 Å². The minimum atomic E-state index is -3.29. The molecule has 1 aromatic rings. The summed E-state index contributed by atoms with van der Waals surface area (Å²) < 4.78 is 27.0. The van der Waals surface area contributed by atoms with Gasteiger partial charge in [0.05, 0.1) is 12.0 Å². The van der Waals surface area contributed by atoms with Gasteiger partial charge in [0.15, 0.2) is 9.84 Å². The van der Waals surface area contributed by atoms with Crippen LogP contribution >= 0.6 is 0 Å². The average Bonchev–Trinajstić information content (AvgIpc) is 2.36. The van der Waals surface area contributed by atoms with E-state index in [-0.39, 0.29) is 10.5 Å². The van der Waals surface area contributed by atoms with Crippen molar-refractivity contribution in [3.8, 4) is 0 Å². The summed E-state index contributed by atoms with van der Waals surface area (Å²) in [6.07, 6.45) is 1.08. The van der Waals surface area contributed by atoms with Crippen molar-refractivity contribution in [2.45, 2.75) is 17.9 Å². The number of hydrogen-bond acceptors (Lipinski definition) is 5. The fourth-order valence-electron chi connectivity index (χ4n) is 1.37. The molecule has 104 valence electrons. The van der Waals surface area contributed by atoms with Crippen LogP contribution < -0.4 is 5.32 Å². The zero-order valence-corrected chi connectivity index (χ0v) is 11.7. The first-order valence-electron chi connectivity index (χ1n) is 5.44. The van der Waals surface area contributed by atoms with Crippen molar-refractivity contribution in [3.05, 3.63) is 29.8 Å². The zero-order chi connectivity index (χ0) is 14.6. The molecule has 1 N–H and O–H groups in total. The Balaban J connectivity index is 2.82. The van der Waals surface area contributed by atoms with Gasteiger partial charge in [0, 0.05) is 11.8 Å². The molecule has 0 heterocycles. The van der Waals surface area contributed by atoms with Crippen LogP contribution in [-0.2, 0) is 19.4 Å². The lowest BCUT2D eigenvalue weighted by Crippen LogP contribution is -2.39. The van der Waals surface area contributed by atoms with Gasteiger partial charge in [0.2, 0.25) is 0 Å². The average molecular weight is 285 g/mol. The van der Waals surface area contributed by atoms with E-state index >= 15 is 0 Å². The highest BCUT2D eigenvalue weighted by Gasteiger charge is 2.17. The van der Waals surface area contributed by atoms with Crippen LogP contribution in [0, 0.1) is 0 Å². The normalized spacial score (nSPS) is 12.6. The van der Waals surface area contributed by atoms with Gasteiger partial charge in [-0.15, -0.1) is 0 Å². The second-order valence-corrected chi connectivity index (χ2v) is 6.03. The van der Waals surface area contributed by atoms with Gasteiger partial charge in [-0.3, -0.25) is 4.79 Å². The maximum atomic E-state index is 11.8. The van der Waals surface area contributed by atoms with E-state index in [0.29, 0.717) is 0 Å². The molecule has 1 amide bonds. The van der Waals surface area contributed by atoms with E-state index in [4.69, 9.17) is 0 Å². The molecular weight excluding hydrogens is 270 g/mol. The Morgan fingerprint density at radius 1 is 1.21 bits per heavy atom. The lowest BCUT2D eigenvalue weighted by Gasteiger charge is -2.11. The van der Waals surface area contributed by atoms with Crippen molar-refractivity contribution in [2.24, 2.45) is 0 Å². The Hall–Kier alpha value is -1.89. The predicted molar refractivity (Wildman–Crippen MR) is 68.5 cm³/mol. The maximum Gasteiger partial charge on any atom is 0.328 e. The largest absolute Gasteiger partial charge is 0.467 e. The minimum Gasteiger partial charge on any atom is -0.467 e. The molecule has 0 saturated carbocycles. The third-order valence-electron chi connectivity index (χ3n) is 2.45. The van der Waals surface area contributed by atoms with Crippen LogP contribution in [0.1, 0.15) is 17.3 Å². The fourth-order valence-corrected chi connectivity index (χ4v) is 2.00. The number of carbonyl (C=O) groups excluding carboxylic acids is 2. The Morgan fingerprint density at radius 2 is 1.74 bits per heavy atom. The van der Waals surface area contributed by atoms with Gasteiger partial charge < -0.3 is 10.1 Å². The summed E-state index contributed by atoms with van der Waals surface area (Å²) in [4.78, 5) is 23.0. The summed E-state index contributed by atoms with van der Waals surface area (Å²) in [7, 11) is -2.06. The molecule has 7 heteroatoms. The van der Waals surface area contributed by atoms with Crippen molar-refractivity contribution in [2.75, 3.05) is 13.4 Å². The van der Waals surface area contributed by atoms with Crippen LogP contribution in [0.15, 0.2) is 29.2 Å². The van der Waals surface area contributed by atoms with Crippen LogP contribution in [0.3, 0.4) is 0 Å². The lowest BCUT2D eigenvalue weighted by atomic mass is 10.2. The van der Waals surface area contributed by atoms with Crippen LogP contribution in [0.2, 0.25) is 0 Å². The number of rotatable bonds is 4. The predicted octanol–water partition coefficient (Wildman–Crippen LogP) is 0.381. The second kappa shape index (κ2) is 5.83. The number of nitrogens with one attached hydrogen (secondary N) is 1. The van der Waals surface area contributed by atoms with E-state index in [1.165, 1.54) is 38.3 Å². The fraction of sp³-hybridized carbons (Fsp3) is 0.333. The van der Waals surface area contributed by atoms with Gasteiger partial charge in [-0.05, 0) is 31.2 Å². The summed E-state index contributed by atoms with van der Waals surface area (Å²) >= 11 is 0. The molecule has 6 nitrogen and oxygen atoms in total. The standard InChI is InChI=1S/C12H15NO5S/c1-8(12(15)18-2)13-11(14)9-4-6-10(7-5-9)19(3,16)17/h4-8H,1-3H3,(H,13,14).